The first-order chi connectivity index (χ1) is 13.7. The molecule has 3 heterocycles. The first kappa shape index (κ1) is 16.7. The van der Waals surface area contributed by atoms with Gasteiger partial charge in [-0.2, -0.15) is 0 Å². The average molecular weight is 388 g/mol. The maximum Gasteiger partial charge on any atom is 0.356 e. The van der Waals surface area contributed by atoms with Crippen LogP contribution in [0, 0.1) is 0 Å². The van der Waals surface area contributed by atoms with Gasteiger partial charge in [-0.15, -0.1) is 0 Å². The van der Waals surface area contributed by atoms with Gasteiger partial charge in [0.15, 0.2) is 0 Å². The molecule has 2 aromatic carbocycles. The molecular formula is C22H14ClN3O2. The van der Waals surface area contributed by atoms with Gasteiger partial charge < -0.3 is 9.72 Å². The molecule has 0 saturated carbocycles. The molecular weight excluding hydrogens is 374 g/mol. The van der Waals surface area contributed by atoms with Crippen molar-refractivity contribution in [3.63, 3.8) is 0 Å². The van der Waals surface area contributed by atoms with Gasteiger partial charge in [0.05, 0.1) is 28.9 Å². The second-order valence-electron chi connectivity index (χ2n) is 6.45. The van der Waals surface area contributed by atoms with Gasteiger partial charge in [0.1, 0.15) is 11.4 Å². The Morgan fingerprint density at radius 2 is 1.86 bits per heavy atom. The molecule has 0 saturated heterocycles. The van der Waals surface area contributed by atoms with Gasteiger partial charge in [-0.25, -0.2) is 14.8 Å². The highest BCUT2D eigenvalue weighted by molar-refractivity contribution is 6.35. The number of pyridine rings is 2. The number of aromatic amines is 1. The number of nitrogens with one attached hydrogen (secondary N) is 1. The molecule has 5 rings (SSSR count). The SMILES string of the molecule is COC(=O)c1cc2c([nH]c3ccccc32)c(-c2ccc3cccc(Cl)c3n2)n1. The summed E-state index contributed by atoms with van der Waals surface area (Å²) in [6.45, 7) is 0. The number of para-hydroxylation sites is 2. The Hall–Kier alpha value is -3.44. The van der Waals surface area contributed by atoms with Crippen LogP contribution in [0.15, 0.2) is 60.7 Å². The third-order valence-corrected chi connectivity index (χ3v) is 5.11. The van der Waals surface area contributed by atoms with E-state index in [1.807, 2.05) is 48.5 Å². The number of hydrogen-bond acceptors (Lipinski definition) is 4. The van der Waals surface area contributed by atoms with Crippen LogP contribution in [-0.2, 0) is 4.74 Å². The van der Waals surface area contributed by atoms with Crippen molar-refractivity contribution >= 4 is 50.3 Å². The van der Waals surface area contributed by atoms with Crippen molar-refractivity contribution in [2.24, 2.45) is 0 Å². The van der Waals surface area contributed by atoms with Crippen molar-refractivity contribution in [1.29, 1.82) is 0 Å². The lowest BCUT2D eigenvalue weighted by atomic mass is 10.1. The normalized spacial score (nSPS) is 11.4. The first-order valence-electron chi connectivity index (χ1n) is 8.71. The fourth-order valence-corrected chi connectivity index (χ4v) is 3.71. The summed E-state index contributed by atoms with van der Waals surface area (Å²) in [6.07, 6.45) is 0. The summed E-state index contributed by atoms with van der Waals surface area (Å²) in [5, 5.41) is 3.40. The molecule has 0 aliphatic carbocycles. The van der Waals surface area contributed by atoms with E-state index >= 15 is 0 Å². The molecule has 0 spiro atoms. The summed E-state index contributed by atoms with van der Waals surface area (Å²) in [4.78, 5) is 24.9. The summed E-state index contributed by atoms with van der Waals surface area (Å²) < 4.78 is 4.90. The molecule has 0 unspecified atom stereocenters. The fourth-order valence-electron chi connectivity index (χ4n) is 3.48. The van der Waals surface area contributed by atoms with Gasteiger partial charge in [0, 0.05) is 21.7 Å². The number of rotatable bonds is 2. The summed E-state index contributed by atoms with van der Waals surface area (Å²) in [6, 6.07) is 19.1. The molecule has 0 bridgehead atoms. The minimum Gasteiger partial charge on any atom is -0.464 e. The van der Waals surface area contributed by atoms with Crippen LogP contribution in [0.3, 0.4) is 0 Å². The second kappa shape index (κ2) is 6.32. The number of H-pyrrole nitrogens is 1. The van der Waals surface area contributed by atoms with Gasteiger partial charge in [-0.1, -0.05) is 48.0 Å². The minimum absolute atomic E-state index is 0.232. The van der Waals surface area contributed by atoms with Crippen molar-refractivity contribution in [2.75, 3.05) is 7.11 Å². The Labute approximate surface area is 164 Å². The second-order valence-corrected chi connectivity index (χ2v) is 6.86. The molecule has 136 valence electrons. The Morgan fingerprint density at radius 1 is 1.00 bits per heavy atom. The molecule has 5 aromatic rings. The van der Waals surface area contributed by atoms with E-state index in [2.05, 4.69) is 9.97 Å². The predicted octanol–water partition coefficient (Wildman–Crippen LogP) is 5.37. The number of ether oxygens (including phenoxy) is 1. The van der Waals surface area contributed by atoms with E-state index in [9.17, 15) is 4.79 Å². The Balaban J connectivity index is 1.87. The van der Waals surface area contributed by atoms with Crippen molar-refractivity contribution in [3.05, 3.63) is 71.4 Å². The van der Waals surface area contributed by atoms with Crippen LogP contribution < -0.4 is 0 Å². The lowest BCUT2D eigenvalue weighted by Gasteiger charge is -2.07. The zero-order valence-electron chi connectivity index (χ0n) is 14.9. The van der Waals surface area contributed by atoms with E-state index in [1.165, 1.54) is 7.11 Å². The number of carbonyl (C=O) groups excluding carboxylic acids is 1. The van der Waals surface area contributed by atoms with Crippen LogP contribution in [0.5, 0.6) is 0 Å². The number of fused-ring (bicyclic) bond motifs is 4. The van der Waals surface area contributed by atoms with Gasteiger partial charge >= 0.3 is 5.97 Å². The minimum atomic E-state index is -0.493. The first-order valence-corrected chi connectivity index (χ1v) is 9.09. The van der Waals surface area contributed by atoms with Crippen LogP contribution in [0.2, 0.25) is 5.02 Å². The number of halogens is 1. The van der Waals surface area contributed by atoms with Crippen LogP contribution in [-0.4, -0.2) is 28.0 Å². The Kier molecular flexibility index (Phi) is 3.77. The zero-order valence-corrected chi connectivity index (χ0v) is 15.6. The quantitative estimate of drug-likeness (QED) is 0.413. The smallest absolute Gasteiger partial charge is 0.356 e. The monoisotopic (exact) mass is 387 g/mol. The number of carbonyl (C=O) groups is 1. The predicted molar refractivity (Wildman–Crippen MR) is 111 cm³/mol. The highest BCUT2D eigenvalue weighted by Gasteiger charge is 2.18. The number of benzene rings is 2. The fraction of sp³-hybridized carbons (Fsp3) is 0.0455. The van der Waals surface area contributed by atoms with Crippen LogP contribution in [0.4, 0.5) is 0 Å². The van der Waals surface area contributed by atoms with Crippen LogP contribution in [0.1, 0.15) is 10.5 Å². The van der Waals surface area contributed by atoms with Crippen molar-refractivity contribution in [3.8, 4) is 11.4 Å². The maximum absolute atomic E-state index is 12.2. The summed E-state index contributed by atoms with van der Waals surface area (Å²) >= 11 is 6.34. The molecule has 0 fully saturated rings. The van der Waals surface area contributed by atoms with E-state index in [0.29, 0.717) is 21.9 Å². The molecule has 1 N–H and O–H groups in total. The van der Waals surface area contributed by atoms with Crippen LogP contribution in [0.25, 0.3) is 44.1 Å². The van der Waals surface area contributed by atoms with E-state index in [4.69, 9.17) is 21.3 Å². The summed E-state index contributed by atoms with van der Waals surface area (Å²) in [5.74, 6) is -0.493. The van der Waals surface area contributed by atoms with Gasteiger partial charge in [0.25, 0.3) is 0 Å². The number of hydrogen-bond donors (Lipinski definition) is 1. The number of aromatic nitrogens is 3. The summed E-state index contributed by atoms with van der Waals surface area (Å²) in [7, 11) is 1.34. The lowest BCUT2D eigenvalue weighted by molar-refractivity contribution is 0.0594. The van der Waals surface area contributed by atoms with E-state index in [-0.39, 0.29) is 5.69 Å². The van der Waals surface area contributed by atoms with E-state index in [0.717, 1.165) is 27.2 Å². The third-order valence-electron chi connectivity index (χ3n) is 4.80. The molecule has 5 nitrogen and oxygen atoms in total. The van der Waals surface area contributed by atoms with E-state index < -0.39 is 5.97 Å². The number of nitrogens with zero attached hydrogens (tertiary/aromatic N) is 2. The van der Waals surface area contributed by atoms with Gasteiger partial charge in [0.2, 0.25) is 0 Å². The lowest BCUT2D eigenvalue weighted by Crippen LogP contribution is -2.05. The molecule has 3 aromatic heterocycles. The van der Waals surface area contributed by atoms with E-state index in [1.54, 1.807) is 12.1 Å². The molecule has 0 amide bonds. The van der Waals surface area contributed by atoms with Crippen molar-refractivity contribution in [1.82, 2.24) is 15.0 Å². The van der Waals surface area contributed by atoms with Crippen molar-refractivity contribution in [2.45, 2.75) is 0 Å². The van der Waals surface area contributed by atoms with Crippen molar-refractivity contribution < 1.29 is 9.53 Å². The topological polar surface area (TPSA) is 67.9 Å². The largest absolute Gasteiger partial charge is 0.464 e. The highest BCUT2D eigenvalue weighted by Crippen LogP contribution is 2.33. The number of esters is 1. The standard InChI is InChI=1S/C22H14ClN3O2/c1-28-22(27)18-11-14-13-6-2-3-8-16(13)24-20(14)21(26-18)17-10-9-12-5-4-7-15(23)19(12)25-17/h2-11,24H,1H3. The highest BCUT2D eigenvalue weighted by atomic mass is 35.5. The van der Waals surface area contributed by atoms with Crippen LogP contribution >= 0.6 is 11.6 Å². The Morgan fingerprint density at radius 3 is 2.71 bits per heavy atom. The molecule has 0 radical (unpaired) electrons. The third kappa shape index (κ3) is 2.52. The molecule has 0 aliphatic rings. The molecule has 28 heavy (non-hydrogen) atoms. The van der Waals surface area contributed by atoms with Gasteiger partial charge in [-0.05, 0) is 24.3 Å². The van der Waals surface area contributed by atoms with Gasteiger partial charge in [-0.3, -0.25) is 0 Å². The molecule has 6 heteroatoms. The Bertz CT molecular complexity index is 1390. The maximum atomic E-state index is 12.2. The molecule has 0 atom stereocenters. The average Bonchev–Trinajstić information content (AvgIpc) is 3.11. The number of methoxy groups -OCH3 is 1. The molecule has 0 aliphatic heterocycles. The zero-order chi connectivity index (χ0) is 19.3. The summed E-state index contributed by atoms with van der Waals surface area (Å²) in [5.41, 5.74) is 3.90.